The van der Waals surface area contributed by atoms with Crippen molar-refractivity contribution < 1.29 is 8.42 Å². The maximum absolute atomic E-state index is 13.1. The molecule has 6 heteroatoms. The van der Waals surface area contributed by atoms with Gasteiger partial charge >= 0.3 is 0 Å². The van der Waals surface area contributed by atoms with Gasteiger partial charge in [-0.2, -0.15) is 4.31 Å². The van der Waals surface area contributed by atoms with Crippen molar-refractivity contribution in [3.8, 4) is 0 Å². The molecule has 0 bridgehead atoms. The zero-order chi connectivity index (χ0) is 19.4. The van der Waals surface area contributed by atoms with E-state index in [9.17, 15) is 8.42 Å². The lowest BCUT2D eigenvalue weighted by Gasteiger charge is -2.27. The van der Waals surface area contributed by atoms with Crippen molar-refractivity contribution in [2.45, 2.75) is 37.1 Å². The molecule has 1 aliphatic rings. The summed E-state index contributed by atoms with van der Waals surface area (Å²) in [6.07, 6.45) is 2.98. The first-order chi connectivity index (χ1) is 12.9. The minimum atomic E-state index is -3.45. The summed E-state index contributed by atoms with van der Waals surface area (Å²) in [5, 5.41) is 3.50. The van der Waals surface area contributed by atoms with Crippen molar-refractivity contribution in [1.29, 1.82) is 0 Å². The van der Waals surface area contributed by atoms with Crippen LogP contribution in [0.25, 0.3) is 0 Å². The smallest absolute Gasteiger partial charge is 0.243 e. The molecule has 0 aromatic heterocycles. The minimum Gasteiger partial charge on any atom is -0.377 e. The number of rotatable bonds is 6. The van der Waals surface area contributed by atoms with Crippen molar-refractivity contribution in [3.05, 3.63) is 54.1 Å². The van der Waals surface area contributed by atoms with Crippen molar-refractivity contribution in [2.75, 3.05) is 37.4 Å². The molecule has 146 valence electrons. The molecule has 3 rings (SSSR count). The van der Waals surface area contributed by atoms with Crippen LogP contribution in [0.1, 0.15) is 37.8 Å². The van der Waals surface area contributed by atoms with Crippen LogP contribution in [0.2, 0.25) is 0 Å². The third kappa shape index (κ3) is 4.45. The summed E-state index contributed by atoms with van der Waals surface area (Å²) in [6.45, 7) is 3.31. The quantitative estimate of drug-likeness (QED) is 0.811. The molecule has 2 aromatic rings. The lowest BCUT2D eigenvalue weighted by Crippen LogP contribution is -2.35. The average molecular weight is 388 g/mol. The molecule has 0 amide bonds. The molecule has 0 unspecified atom stereocenters. The third-order valence-electron chi connectivity index (χ3n) is 5.07. The van der Waals surface area contributed by atoms with E-state index in [0.29, 0.717) is 18.0 Å². The van der Waals surface area contributed by atoms with Gasteiger partial charge in [0.1, 0.15) is 0 Å². The highest BCUT2D eigenvalue weighted by Gasteiger charge is 2.27. The molecule has 1 aliphatic heterocycles. The van der Waals surface area contributed by atoms with E-state index in [-0.39, 0.29) is 6.04 Å². The fourth-order valence-corrected chi connectivity index (χ4v) is 5.04. The van der Waals surface area contributed by atoms with Gasteiger partial charge in [0.25, 0.3) is 0 Å². The van der Waals surface area contributed by atoms with E-state index in [1.165, 1.54) is 0 Å². The second-order valence-corrected chi connectivity index (χ2v) is 9.25. The van der Waals surface area contributed by atoms with E-state index < -0.39 is 10.0 Å². The number of hydrogen-bond acceptors (Lipinski definition) is 4. The number of hydrogen-bond donors (Lipinski definition) is 1. The summed E-state index contributed by atoms with van der Waals surface area (Å²) in [7, 11) is 0.477. The summed E-state index contributed by atoms with van der Waals surface area (Å²) < 4.78 is 27.7. The van der Waals surface area contributed by atoms with E-state index >= 15 is 0 Å². The number of anilines is 2. The second kappa shape index (κ2) is 8.31. The molecule has 1 heterocycles. The Bertz CT molecular complexity index is 860. The first-order valence-electron chi connectivity index (χ1n) is 9.52. The number of benzene rings is 2. The Hall–Kier alpha value is -2.05. The highest BCUT2D eigenvalue weighted by molar-refractivity contribution is 7.89. The van der Waals surface area contributed by atoms with Crippen LogP contribution in [0, 0.1) is 0 Å². The van der Waals surface area contributed by atoms with Gasteiger partial charge in [0.2, 0.25) is 10.0 Å². The van der Waals surface area contributed by atoms with Gasteiger partial charge in [-0.05, 0) is 43.5 Å². The maximum Gasteiger partial charge on any atom is 0.243 e. The fourth-order valence-electron chi connectivity index (χ4n) is 3.49. The van der Waals surface area contributed by atoms with Gasteiger partial charge in [0.05, 0.1) is 16.3 Å². The van der Waals surface area contributed by atoms with E-state index in [1.807, 2.05) is 43.3 Å². The van der Waals surface area contributed by atoms with Gasteiger partial charge in [-0.3, -0.25) is 0 Å². The highest BCUT2D eigenvalue weighted by atomic mass is 32.2. The molecule has 1 saturated heterocycles. The zero-order valence-corrected chi connectivity index (χ0v) is 17.2. The highest BCUT2D eigenvalue weighted by Crippen LogP contribution is 2.32. The summed E-state index contributed by atoms with van der Waals surface area (Å²) >= 11 is 0. The lowest BCUT2D eigenvalue weighted by molar-refractivity contribution is 0.346. The Balaban J connectivity index is 1.93. The molecule has 1 atom stereocenters. The lowest BCUT2D eigenvalue weighted by atomic mass is 10.1. The summed E-state index contributed by atoms with van der Waals surface area (Å²) in [4.78, 5) is 2.36. The van der Waals surface area contributed by atoms with Crippen molar-refractivity contribution >= 4 is 21.4 Å². The number of nitrogens with zero attached hydrogens (tertiary/aromatic N) is 2. The molecule has 2 aromatic carbocycles. The third-order valence-corrected chi connectivity index (χ3v) is 6.97. The van der Waals surface area contributed by atoms with E-state index in [2.05, 4.69) is 24.4 Å². The predicted molar refractivity (Wildman–Crippen MR) is 112 cm³/mol. The topological polar surface area (TPSA) is 52.7 Å². The number of nitrogens with one attached hydrogen (secondary N) is 1. The molecule has 5 nitrogen and oxygen atoms in total. The first kappa shape index (κ1) is 19.7. The van der Waals surface area contributed by atoms with E-state index in [0.717, 1.165) is 36.2 Å². The van der Waals surface area contributed by atoms with Crippen molar-refractivity contribution in [3.63, 3.8) is 0 Å². The normalized spacial score (nSPS) is 16.7. The van der Waals surface area contributed by atoms with Crippen LogP contribution in [0.4, 0.5) is 11.4 Å². The summed E-state index contributed by atoms with van der Waals surface area (Å²) in [6, 6.07) is 15.6. The Morgan fingerprint density at radius 3 is 2.30 bits per heavy atom. The SMILES string of the molecule is C[C@H](Nc1cc(S(=O)(=O)N2CCCCC2)ccc1N(C)C)c1ccccc1. The van der Waals surface area contributed by atoms with Gasteiger partial charge in [0, 0.05) is 33.2 Å². The molecule has 0 saturated carbocycles. The standard InChI is InChI=1S/C21H29N3O2S/c1-17(18-10-6-4-7-11-18)22-20-16-19(12-13-21(20)23(2)3)27(25,26)24-14-8-5-9-15-24/h4,6-7,10-13,16-17,22H,5,8-9,14-15H2,1-3H3/t17-/m0/s1. The van der Waals surface area contributed by atoms with Crippen LogP contribution < -0.4 is 10.2 Å². The maximum atomic E-state index is 13.1. The first-order valence-corrected chi connectivity index (χ1v) is 11.0. The van der Waals surface area contributed by atoms with Gasteiger partial charge in [0.15, 0.2) is 0 Å². The molecule has 0 spiro atoms. The monoisotopic (exact) mass is 387 g/mol. The summed E-state index contributed by atoms with van der Waals surface area (Å²) in [5.41, 5.74) is 2.95. The van der Waals surface area contributed by atoms with Crippen LogP contribution >= 0.6 is 0 Å². The number of piperidine rings is 1. The van der Waals surface area contributed by atoms with Crippen LogP contribution in [0.3, 0.4) is 0 Å². The molecule has 0 aliphatic carbocycles. The minimum absolute atomic E-state index is 0.0674. The van der Waals surface area contributed by atoms with Crippen LogP contribution in [-0.2, 0) is 10.0 Å². The van der Waals surface area contributed by atoms with Crippen LogP contribution in [0.5, 0.6) is 0 Å². The second-order valence-electron chi connectivity index (χ2n) is 7.31. The predicted octanol–water partition coefficient (Wildman–Crippen LogP) is 4.10. The van der Waals surface area contributed by atoms with Gasteiger partial charge in [-0.15, -0.1) is 0 Å². The Kier molecular flexibility index (Phi) is 6.07. The van der Waals surface area contributed by atoms with Gasteiger partial charge in [-0.1, -0.05) is 36.8 Å². The Labute approximate surface area is 163 Å². The van der Waals surface area contributed by atoms with E-state index in [4.69, 9.17) is 0 Å². The molecule has 0 radical (unpaired) electrons. The van der Waals surface area contributed by atoms with Gasteiger partial charge < -0.3 is 10.2 Å². The largest absolute Gasteiger partial charge is 0.377 e. The molecular formula is C21H29N3O2S. The molecule has 1 fully saturated rings. The Morgan fingerprint density at radius 2 is 1.67 bits per heavy atom. The fraction of sp³-hybridized carbons (Fsp3) is 0.429. The average Bonchev–Trinajstić information content (AvgIpc) is 2.69. The van der Waals surface area contributed by atoms with Crippen molar-refractivity contribution in [1.82, 2.24) is 4.31 Å². The molecule has 27 heavy (non-hydrogen) atoms. The Morgan fingerprint density at radius 1 is 1.00 bits per heavy atom. The molecular weight excluding hydrogens is 358 g/mol. The number of sulfonamides is 1. The summed E-state index contributed by atoms with van der Waals surface area (Å²) in [5.74, 6) is 0. The van der Waals surface area contributed by atoms with Crippen LogP contribution in [-0.4, -0.2) is 39.9 Å². The van der Waals surface area contributed by atoms with Crippen molar-refractivity contribution in [2.24, 2.45) is 0 Å². The van der Waals surface area contributed by atoms with Crippen LogP contribution in [0.15, 0.2) is 53.4 Å². The van der Waals surface area contributed by atoms with E-state index in [1.54, 1.807) is 16.4 Å². The van der Waals surface area contributed by atoms with Gasteiger partial charge in [-0.25, -0.2) is 8.42 Å². The zero-order valence-electron chi connectivity index (χ0n) is 16.4. The molecule has 1 N–H and O–H groups in total.